The van der Waals surface area contributed by atoms with E-state index in [4.69, 9.17) is 5.73 Å². The van der Waals surface area contributed by atoms with Gasteiger partial charge < -0.3 is 16.0 Å². The molecule has 24 heavy (non-hydrogen) atoms. The second-order valence-corrected chi connectivity index (χ2v) is 6.82. The van der Waals surface area contributed by atoms with E-state index in [0.717, 1.165) is 25.7 Å². The lowest BCUT2D eigenvalue weighted by Crippen LogP contribution is -2.55. The Morgan fingerprint density at radius 3 is 2.21 bits per heavy atom. The van der Waals surface area contributed by atoms with Crippen molar-refractivity contribution in [1.29, 1.82) is 0 Å². The fraction of sp³-hybridized carbons (Fsp3) is 0.611. The Kier molecular flexibility index (Phi) is 9.90. The molecule has 6 heteroatoms. The molecule has 1 aliphatic carbocycles. The fourth-order valence-corrected chi connectivity index (χ4v) is 3.16. The van der Waals surface area contributed by atoms with E-state index in [2.05, 4.69) is 41.4 Å². The van der Waals surface area contributed by atoms with Gasteiger partial charge in [0.25, 0.3) is 0 Å². The van der Waals surface area contributed by atoms with Crippen LogP contribution in [0.5, 0.6) is 0 Å². The maximum Gasteiger partial charge on any atom is 0.240 e. The number of amides is 1. The van der Waals surface area contributed by atoms with Crippen LogP contribution < -0.4 is 11.1 Å². The van der Waals surface area contributed by atoms with Crippen molar-refractivity contribution < 1.29 is 4.79 Å². The fourth-order valence-electron chi connectivity index (χ4n) is 3.16. The van der Waals surface area contributed by atoms with Crippen molar-refractivity contribution in [3.63, 3.8) is 0 Å². The molecule has 3 N–H and O–H groups in total. The van der Waals surface area contributed by atoms with E-state index >= 15 is 0 Å². The van der Waals surface area contributed by atoms with Gasteiger partial charge in [0.05, 0.1) is 11.6 Å². The van der Waals surface area contributed by atoms with Crippen LogP contribution in [-0.4, -0.2) is 37.0 Å². The van der Waals surface area contributed by atoms with Crippen molar-refractivity contribution in [2.24, 2.45) is 5.73 Å². The Bertz CT molecular complexity index is 499. The predicted molar refractivity (Wildman–Crippen MR) is 105 cm³/mol. The molecule has 1 aromatic rings. The Labute approximate surface area is 158 Å². The zero-order valence-electron chi connectivity index (χ0n) is 14.9. The molecule has 0 spiro atoms. The third-order valence-corrected chi connectivity index (χ3v) is 4.74. The largest absolute Gasteiger partial charge is 0.353 e. The van der Waals surface area contributed by atoms with E-state index in [-0.39, 0.29) is 36.8 Å². The molecule has 1 fully saturated rings. The Hall–Kier alpha value is -0.810. The molecule has 4 nitrogen and oxygen atoms in total. The highest BCUT2D eigenvalue weighted by Crippen LogP contribution is 2.26. The van der Waals surface area contributed by atoms with Crippen molar-refractivity contribution in [3.05, 3.63) is 35.4 Å². The number of carbonyl (C=O) groups is 1. The number of nitrogens with zero attached hydrogens (tertiary/aromatic N) is 1. The Morgan fingerprint density at radius 2 is 1.71 bits per heavy atom. The molecular formula is C18H31Cl2N3O. The van der Waals surface area contributed by atoms with Crippen LogP contribution in [0.3, 0.4) is 0 Å². The van der Waals surface area contributed by atoms with Gasteiger partial charge in [0.15, 0.2) is 0 Å². The smallest absolute Gasteiger partial charge is 0.240 e. The molecule has 1 saturated carbocycles. The second kappa shape index (κ2) is 10.2. The summed E-state index contributed by atoms with van der Waals surface area (Å²) in [6.07, 6.45) is 4.90. The maximum atomic E-state index is 12.5. The molecular weight excluding hydrogens is 345 g/mol. The summed E-state index contributed by atoms with van der Waals surface area (Å²) >= 11 is 0. The van der Waals surface area contributed by atoms with Gasteiger partial charge >= 0.3 is 0 Å². The van der Waals surface area contributed by atoms with Crippen molar-refractivity contribution in [2.45, 2.75) is 50.6 Å². The summed E-state index contributed by atoms with van der Waals surface area (Å²) in [5.41, 5.74) is 8.09. The summed E-state index contributed by atoms with van der Waals surface area (Å²) in [5.74, 6) is 0.00571. The minimum atomic E-state index is -0.664. The molecule has 0 aliphatic heterocycles. The Balaban J connectivity index is 0.00000264. The lowest BCUT2D eigenvalue weighted by molar-refractivity contribution is -0.127. The molecule has 0 radical (unpaired) electrons. The minimum absolute atomic E-state index is 0. The van der Waals surface area contributed by atoms with E-state index in [9.17, 15) is 4.79 Å². The van der Waals surface area contributed by atoms with Crippen LogP contribution in [0.2, 0.25) is 0 Å². The van der Waals surface area contributed by atoms with Crippen molar-refractivity contribution in [3.8, 4) is 0 Å². The summed E-state index contributed by atoms with van der Waals surface area (Å²) in [6, 6.07) is 8.64. The van der Waals surface area contributed by atoms with Gasteiger partial charge in [0.2, 0.25) is 5.91 Å². The number of hydrogen-bond donors (Lipinski definition) is 2. The number of hydrogen-bond acceptors (Lipinski definition) is 3. The lowest BCUT2D eigenvalue weighted by atomic mass is 9.82. The zero-order valence-corrected chi connectivity index (χ0v) is 16.5. The van der Waals surface area contributed by atoms with Crippen molar-refractivity contribution in [1.82, 2.24) is 10.2 Å². The van der Waals surface area contributed by atoms with Crippen LogP contribution in [0, 0.1) is 6.92 Å². The number of aryl methyl sites for hydroxylation is 1. The molecule has 0 saturated heterocycles. The number of nitrogens with one attached hydrogen (secondary N) is 1. The van der Waals surface area contributed by atoms with Crippen LogP contribution in [0.1, 0.15) is 49.3 Å². The van der Waals surface area contributed by atoms with Gasteiger partial charge in [-0.1, -0.05) is 49.1 Å². The SMILES string of the molecule is Cc1ccc(C(CNC(=O)C2(N)CCCCC2)N(C)C)cc1.Cl.Cl. The van der Waals surface area contributed by atoms with Gasteiger partial charge in [0.1, 0.15) is 0 Å². The van der Waals surface area contributed by atoms with Crippen LogP contribution in [0.4, 0.5) is 0 Å². The molecule has 0 heterocycles. The first-order chi connectivity index (χ1) is 10.4. The van der Waals surface area contributed by atoms with Gasteiger partial charge in [-0.25, -0.2) is 0 Å². The topological polar surface area (TPSA) is 58.4 Å². The molecule has 1 unspecified atom stereocenters. The normalized spacial score (nSPS) is 17.4. The van der Waals surface area contributed by atoms with E-state index in [1.54, 1.807) is 0 Å². The molecule has 1 amide bonds. The number of carbonyl (C=O) groups excluding carboxylic acids is 1. The molecule has 1 aromatic carbocycles. The molecule has 1 aliphatic rings. The van der Waals surface area contributed by atoms with Gasteiger partial charge in [-0.3, -0.25) is 4.79 Å². The number of benzene rings is 1. The number of nitrogens with two attached hydrogens (primary N) is 1. The van der Waals surface area contributed by atoms with Gasteiger partial charge in [0, 0.05) is 6.54 Å². The van der Waals surface area contributed by atoms with E-state index in [0.29, 0.717) is 6.54 Å². The predicted octanol–water partition coefficient (Wildman–Crippen LogP) is 3.22. The number of rotatable bonds is 5. The van der Waals surface area contributed by atoms with Crippen molar-refractivity contribution >= 4 is 30.7 Å². The van der Waals surface area contributed by atoms with Gasteiger partial charge in [-0.2, -0.15) is 0 Å². The molecule has 1 atom stereocenters. The Morgan fingerprint density at radius 1 is 1.17 bits per heavy atom. The third kappa shape index (κ3) is 5.92. The first kappa shape index (κ1) is 23.2. The quantitative estimate of drug-likeness (QED) is 0.830. The van der Waals surface area contributed by atoms with E-state index in [1.165, 1.54) is 17.5 Å². The van der Waals surface area contributed by atoms with E-state index < -0.39 is 5.54 Å². The van der Waals surface area contributed by atoms with E-state index in [1.807, 2.05) is 14.1 Å². The highest BCUT2D eigenvalue weighted by atomic mass is 35.5. The first-order valence-electron chi connectivity index (χ1n) is 8.22. The average molecular weight is 376 g/mol. The van der Waals surface area contributed by atoms with Crippen LogP contribution in [0.25, 0.3) is 0 Å². The standard InChI is InChI=1S/C18H29N3O.2ClH/c1-14-7-9-15(10-8-14)16(21(2)3)13-20-17(22)18(19)11-5-4-6-12-18;;/h7-10,16H,4-6,11-13,19H2,1-3H3,(H,20,22);2*1H. The highest BCUT2D eigenvalue weighted by Gasteiger charge is 2.35. The molecule has 138 valence electrons. The summed E-state index contributed by atoms with van der Waals surface area (Å²) in [5, 5.41) is 3.08. The van der Waals surface area contributed by atoms with Crippen LogP contribution >= 0.6 is 24.8 Å². The maximum absolute atomic E-state index is 12.5. The van der Waals surface area contributed by atoms with Crippen molar-refractivity contribution in [2.75, 3.05) is 20.6 Å². The first-order valence-corrected chi connectivity index (χ1v) is 8.22. The summed E-state index contributed by atoms with van der Waals surface area (Å²) in [6.45, 7) is 2.67. The summed E-state index contributed by atoms with van der Waals surface area (Å²) in [4.78, 5) is 14.6. The number of likely N-dealkylation sites (N-methyl/N-ethyl adjacent to an activating group) is 1. The van der Waals surface area contributed by atoms with Gasteiger partial charge in [-0.05, 0) is 39.4 Å². The monoisotopic (exact) mass is 375 g/mol. The molecule has 0 bridgehead atoms. The number of halogens is 2. The summed E-state index contributed by atoms with van der Waals surface area (Å²) in [7, 11) is 4.07. The molecule has 0 aromatic heterocycles. The highest BCUT2D eigenvalue weighted by molar-refractivity contribution is 5.86. The third-order valence-electron chi connectivity index (χ3n) is 4.74. The zero-order chi connectivity index (χ0) is 16.2. The van der Waals surface area contributed by atoms with Gasteiger partial charge in [-0.15, -0.1) is 24.8 Å². The van der Waals surface area contributed by atoms with Crippen LogP contribution in [-0.2, 0) is 4.79 Å². The second-order valence-electron chi connectivity index (χ2n) is 6.82. The minimum Gasteiger partial charge on any atom is -0.353 e. The average Bonchev–Trinajstić information content (AvgIpc) is 2.49. The molecule has 2 rings (SSSR count). The van der Waals surface area contributed by atoms with Crippen LogP contribution in [0.15, 0.2) is 24.3 Å². The lowest BCUT2D eigenvalue weighted by Gasteiger charge is -2.33. The summed E-state index contributed by atoms with van der Waals surface area (Å²) < 4.78 is 0.